The predicted molar refractivity (Wildman–Crippen MR) is 211 cm³/mol. The Labute approximate surface area is 332 Å². The monoisotopic (exact) mass is 838 g/mol. The second-order valence-electron chi connectivity index (χ2n) is 16.0. The summed E-state index contributed by atoms with van der Waals surface area (Å²) in [5.74, 6) is -2.15. The fourth-order valence-electron chi connectivity index (χ4n) is 6.79. The number of fused-ring (bicyclic) bond motifs is 1. The van der Waals surface area contributed by atoms with E-state index in [0.717, 1.165) is 12.8 Å². The predicted octanol–water partition coefficient (Wildman–Crippen LogP) is 5.55. The Hall–Kier alpha value is -4.57. The van der Waals surface area contributed by atoms with Gasteiger partial charge in [-0.2, -0.15) is 0 Å². The molecule has 294 valence electrons. The average molecular weight is 840 g/mol. The first-order chi connectivity index (χ1) is 25.9. The summed E-state index contributed by atoms with van der Waals surface area (Å²) in [7, 11) is 1.54. The lowest BCUT2D eigenvalue weighted by atomic mass is 9.85. The van der Waals surface area contributed by atoms with Crippen LogP contribution in [0.3, 0.4) is 0 Å². The number of nitrogens with one attached hydrogen (secondary N) is 3. The van der Waals surface area contributed by atoms with Crippen molar-refractivity contribution in [1.82, 2.24) is 25.5 Å². The van der Waals surface area contributed by atoms with Crippen LogP contribution in [-0.4, -0.2) is 87.0 Å². The van der Waals surface area contributed by atoms with E-state index in [2.05, 4.69) is 43.4 Å². The molecule has 2 aromatic heterocycles. The van der Waals surface area contributed by atoms with Crippen molar-refractivity contribution in [2.75, 3.05) is 19.0 Å². The van der Waals surface area contributed by atoms with Crippen LogP contribution in [0.2, 0.25) is 0 Å². The molecule has 14 nitrogen and oxygen atoms in total. The largest absolute Gasteiger partial charge is 0.495 e. The second-order valence-corrected chi connectivity index (χ2v) is 17.6. The van der Waals surface area contributed by atoms with Gasteiger partial charge in [0.05, 0.1) is 29.3 Å². The van der Waals surface area contributed by atoms with E-state index in [1.807, 2.05) is 20.8 Å². The first-order valence-electron chi connectivity index (χ1n) is 18.3. The van der Waals surface area contributed by atoms with Gasteiger partial charge in [-0.3, -0.25) is 19.2 Å². The number of methoxy groups -OCH3 is 1. The van der Waals surface area contributed by atoms with Gasteiger partial charge in [-0.25, -0.2) is 14.8 Å². The molecular weight excluding hydrogens is 792 g/mol. The molecule has 2 saturated carbocycles. The Morgan fingerprint density at radius 1 is 1.15 bits per heavy atom. The minimum Gasteiger partial charge on any atom is -0.495 e. The van der Waals surface area contributed by atoms with Crippen LogP contribution in [0.5, 0.6) is 11.5 Å². The Morgan fingerprint density at radius 2 is 1.87 bits per heavy atom. The number of hydrogen-bond donors (Lipinski definition) is 4. The standard InChI is InChI=1S/C39H47BrN6O8S/c1-8-21-16-39(21,36(51)52)45-34(49)26-14-22(17-46(26)35(50)32(38(4,5)6)43-29(47)13-20-9-10-20)54-28-15-24(25-18-55-37(42-25)44-33(48)19(2)3)41-31-23(28)11-12-27(53-7)30(31)40/h8,11-12,15,18-22,26,32H,1,9-10,13-14,16-17H2,2-7H3,(H,43,47)(H,45,49)(H,51,52)(H,42,44,48)/t21-,22-,26+,32-,39-/m1/s1. The Kier molecular flexibility index (Phi) is 11.3. The minimum atomic E-state index is -1.52. The molecule has 2 aliphatic carbocycles. The number of rotatable bonds is 14. The number of pyridine rings is 1. The summed E-state index contributed by atoms with van der Waals surface area (Å²) in [5.41, 5.74) is -0.799. The van der Waals surface area contributed by atoms with Crippen molar-refractivity contribution >= 4 is 72.9 Å². The van der Waals surface area contributed by atoms with Crippen LogP contribution in [0.4, 0.5) is 5.13 Å². The SMILES string of the molecule is C=C[C@@H]1C[C@]1(NC(=O)[C@@H]1C[C@@H](Oc2cc(-c3csc(NC(=O)C(C)C)n3)nc3c(Br)c(OC)ccc23)CN1C(=O)[C@@H](NC(=O)CC1CC1)C(C)(C)C)C(=O)O. The fraction of sp³-hybridized carbons (Fsp3) is 0.513. The van der Waals surface area contributed by atoms with Gasteiger partial charge in [0.2, 0.25) is 23.6 Å². The van der Waals surface area contributed by atoms with Gasteiger partial charge in [0.1, 0.15) is 40.9 Å². The molecule has 16 heteroatoms. The highest BCUT2D eigenvalue weighted by molar-refractivity contribution is 9.10. The number of hydrogen-bond acceptors (Lipinski definition) is 10. The number of aromatic nitrogens is 2. The molecule has 3 fully saturated rings. The zero-order valence-corrected chi connectivity index (χ0v) is 34.1. The first kappa shape index (κ1) is 40.1. The molecule has 0 bridgehead atoms. The zero-order chi connectivity index (χ0) is 40.0. The van der Waals surface area contributed by atoms with Crippen LogP contribution < -0.4 is 25.4 Å². The second kappa shape index (κ2) is 15.5. The van der Waals surface area contributed by atoms with Gasteiger partial charge < -0.3 is 35.4 Å². The van der Waals surface area contributed by atoms with E-state index in [9.17, 15) is 29.1 Å². The molecular formula is C39H47BrN6O8S. The fourth-order valence-corrected chi connectivity index (χ4v) is 8.09. The van der Waals surface area contributed by atoms with Gasteiger partial charge in [0.15, 0.2) is 5.13 Å². The van der Waals surface area contributed by atoms with Gasteiger partial charge in [0, 0.05) is 41.5 Å². The van der Waals surface area contributed by atoms with Gasteiger partial charge >= 0.3 is 5.97 Å². The van der Waals surface area contributed by atoms with Crippen LogP contribution in [-0.2, 0) is 24.0 Å². The Bertz CT molecular complexity index is 2040. The number of thiazole rings is 1. The van der Waals surface area contributed by atoms with Crippen LogP contribution >= 0.6 is 27.3 Å². The van der Waals surface area contributed by atoms with Gasteiger partial charge in [0.25, 0.3) is 0 Å². The highest BCUT2D eigenvalue weighted by atomic mass is 79.9. The highest BCUT2D eigenvalue weighted by Gasteiger charge is 2.61. The number of ether oxygens (including phenoxy) is 2. The summed E-state index contributed by atoms with van der Waals surface area (Å²) >= 11 is 4.88. The molecule has 6 rings (SSSR count). The van der Waals surface area contributed by atoms with Crippen LogP contribution in [0, 0.1) is 23.2 Å². The van der Waals surface area contributed by atoms with Crippen molar-refractivity contribution in [2.45, 2.75) is 90.4 Å². The third-order valence-corrected chi connectivity index (χ3v) is 11.9. The molecule has 1 saturated heterocycles. The van der Waals surface area contributed by atoms with E-state index < -0.39 is 52.8 Å². The Balaban J connectivity index is 1.35. The number of nitrogens with zero attached hydrogens (tertiary/aromatic N) is 3. The summed E-state index contributed by atoms with van der Waals surface area (Å²) in [6, 6.07) is 3.22. The van der Waals surface area contributed by atoms with E-state index in [-0.39, 0.29) is 37.1 Å². The quantitative estimate of drug-likeness (QED) is 0.150. The Morgan fingerprint density at radius 3 is 2.47 bits per heavy atom. The summed E-state index contributed by atoms with van der Waals surface area (Å²) in [4.78, 5) is 77.3. The number of carbonyl (C=O) groups excluding carboxylic acids is 4. The van der Waals surface area contributed by atoms with Crippen LogP contribution in [0.1, 0.15) is 66.7 Å². The highest BCUT2D eigenvalue weighted by Crippen LogP contribution is 2.45. The number of anilines is 1. The van der Waals surface area contributed by atoms with Crippen LogP contribution in [0.15, 0.2) is 40.7 Å². The number of aliphatic carboxylic acids is 1. The molecule has 3 heterocycles. The van der Waals surface area contributed by atoms with E-state index in [0.29, 0.717) is 55.7 Å². The lowest BCUT2D eigenvalue weighted by Gasteiger charge is -2.35. The van der Waals surface area contributed by atoms with Crippen molar-refractivity contribution in [3.63, 3.8) is 0 Å². The zero-order valence-electron chi connectivity index (χ0n) is 31.7. The number of carboxylic acids is 1. The minimum absolute atomic E-state index is 0.0223. The van der Waals surface area contributed by atoms with E-state index >= 15 is 0 Å². The molecule has 5 atom stereocenters. The molecule has 4 amide bonds. The summed E-state index contributed by atoms with van der Waals surface area (Å²) < 4.78 is 12.8. The van der Waals surface area contributed by atoms with Crippen molar-refractivity contribution in [3.05, 3.63) is 40.7 Å². The van der Waals surface area contributed by atoms with Crippen molar-refractivity contribution in [3.8, 4) is 22.9 Å². The number of likely N-dealkylation sites (tertiary alicyclic amines) is 1. The topological polar surface area (TPSA) is 189 Å². The van der Waals surface area contributed by atoms with E-state index in [1.165, 1.54) is 22.3 Å². The van der Waals surface area contributed by atoms with Crippen LogP contribution in [0.25, 0.3) is 22.3 Å². The van der Waals surface area contributed by atoms with Crippen molar-refractivity contribution < 1.29 is 38.6 Å². The third kappa shape index (κ3) is 8.49. The molecule has 0 radical (unpaired) electrons. The normalized spacial score (nSPS) is 22.5. The van der Waals surface area contributed by atoms with Gasteiger partial charge in [-0.05, 0) is 58.7 Å². The lowest BCUT2D eigenvalue weighted by molar-refractivity contribution is -0.147. The number of carbonyl (C=O) groups is 5. The molecule has 3 aliphatic rings. The molecule has 0 spiro atoms. The molecule has 0 unspecified atom stereocenters. The molecule has 3 aromatic rings. The molecule has 55 heavy (non-hydrogen) atoms. The number of halogens is 1. The number of benzene rings is 1. The summed E-state index contributed by atoms with van der Waals surface area (Å²) in [6.07, 6.45) is 3.26. The summed E-state index contributed by atoms with van der Waals surface area (Å²) in [6.45, 7) is 12.8. The van der Waals surface area contributed by atoms with Gasteiger partial charge in [-0.1, -0.05) is 40.7 Å². The van der Waals surface area contributed by atoms with Crippen molar-refractivity contribution in [2.24, 2.45) is 23.2 Å². The number of amides is 4. The maximum Gasteiger partial charge on any atom is 0.330 e. The third-order valence-electron chi connectivity index (χ3n) is 10.3. The lowest BCUT2D eigenvalue weighted by Crippen LogP contribution is -2.59. The van der Waals surface area contributed by atoms with E-state index in [1.54, 1.807) is 44.5 Å². The summed E-state index contributed by atoms with van der Waals surface area (Å²) in [5, 5.41) is 21.4. The van der Waals surface area contributed by atoms with E-state index in [4.69, 9.17) is 14.5 Å². The molecule has 1 aliphatic heterocycles. The number of carboxylic acid groups (broad SMARTS) is 1. The smallest absolute Gasteiger partial charge is 0.330 e. The first-order valence-corrected chi connectivity index (χ1v) is 20.0. The maximum absolute atomic E-state index is 14.5. The van der Waals surface area contributed by atoms with Gasteiger partial charge in [-0.15, -0.1) is 17.9 Å². The van der Waals surface area contributed by atoms with Crippen molar-refractivity contribution in [1.29, 1.82) is 0 Å². The molecule has 4 N–H and O–H groups in total. The maximum atomic E-state index is 14.5. The molecule has 1 aromatic carbocycles. The average Bonchev–Trinajstić information content (AvgIpc) is 3.98.